The van der Waals surface area contributed by atoms with Gasteiger partial charge in [0.15, 0.2) is 0 Å². The van der Waals surface area contributed by atoms with Gasteiger partial charge in [-0.3, -0.25) is 4.79 Å². The number of nitrogens with zero attached hydrogens (tertiary/aromatic N) is 2. The summed E-state index contributed by atoms with van der Waals surface area (Å²) in [5, 5.41) is 7.76. The maximum Gasteiger partial charge on any atom is 0.287 e. The highest BCUT2D eigenvalue weighted by molar-refractivity contribution is 6.32. The SMILES string of the molecule is CC(C)Cn1ncc(NC2(C)CCC2)c(Cl)c1=O. The molecule has 1 aliphatic carbocycles. The Morgan fingerprint density at radius 2 is 2.22 bits per heavy atom. The van der Waals surface area contributed by atoms with Gasteiger partial charge in [0.2, 0.25) is 0 Å². The maximum atomic E-state index is 12.0. The molecule has 0 amide bonds. The van der Waals surface area contributed by atoms with Crippen molar-refractivity contribution in [1.29, 1.82) is 0 Å². The highest BCUT2D eigenvalue weighted by Crippen LogP contribution is 2.35. The molecule has 1 saturated carbocycles. The second kappa shape index (κ2) is 4.92. The molecule has 1 aromatic rings. The number of nitrogens with one attached hydrogen (secondary N) is 1. The molecule has 2 rings (SSSR count). The standard InChI is InChI=1S/C13H20ClN3O/c1-9(2)8-17-12(18)11(14)10(7-15-17)16-13(3)5-4-6-13/h7,9,16H,4-6,8H2,1-3H3. The van der Waals surface area contributed by atoms with Crippen LogP contribution in [0.2, 0.25) is 5.02 Å². The minimum atomic E-state index is -0.210. The molecule has 0 saturated heterocycles. The average Bonchev–Trinajstić information content (AvgIpc) is 2.26. The molecule has 0 radical (unpaired) electrons. The van der Waals surface area contributed by atoms with E-state index >= 15 is 0 Å². The van der Waals surface area contributed by atoms with E-state index in [2.05, 4.69) is 17.3 Å². The number of hydrogen-bond donors (Lipinski definition) is 1. The Balaban J connectivity index is 2.23. The van der Waals surface area contributed by atoms with Crippen molar-refractivity contribution in [1.82, 2.24) is 9.78 Å². The Bertz CT molecular complexity index is 491. The lowest BCUT2D eigenvalue weighted by molar-refractivity contribution is 0.306. The van der Waals surface area contributed by atoms with Gasteiger partial charge in [-0.25, -0.2) is 4.68 Å². The molecule has 0 unspecified atom stereocenters. The zero-order valence-corrected chi connectivity index (χ0v) is 11.9. The first-order chi connectivity index (χ1) is 8.41. The van der Waals surface area contributed by atoms with Crippen LogP contribution in [0.25, 0.3) is 0 Å². The second-order valence-electron chi connectivity index (χ2n) is 5.79. The van der Waals surface area contributed by atoms with E-state index in [1.807, 2.05) is 13.8 Å². The van der Waals surface area contributed by atoms with Gasteiger partial charge >= 0.3 is 0 Å². The van der Waals surface area contributed by atoms with E-state index in [1.165, 1.54) is 11.1 Å². The van der Waals surface area contributed by atoms with Crippen LogP contribution in [0.15, 0.2) is 11.0 Å². The average molecular weight is 270 g/mol. The zero-order chi connectivity index (χ0) is 13.3. The summed E-state index contributed by atoms with van der Waals surface area (Å²) in [5.74, 6) is 0.370. The van der Waals surface area contributed by atoms with E-state index in [0.717, 1.165) is 12.8 Å². The van der Waals surface area contributed by atoms with Crippen LogP contribution >= 0.6 is 11.6 Å². The van der Waals surface area contributed by atoms with Gasteiger partial charge in [0.25, 0.3) is 5.56 Å². The van der Waals surface area contributed by atoms with Crippen molar-refractivity contribution in [3.63, 3.8) is 0 Å². The predicted molar refractivity (Wildman–Crippen MR) is 74.2 cm³/mol. The molecule has 1 aromatic heterocycles. The van der Waals surface area contributed by atoms with Crippen LogP contribution < -0.4 is 10.9 Å². The maximum absolute atomic E-state index is 12.0. The lowest BCUT2D eigenvalue weighted by atomic mass is 9.78. The number of rotatable bonds is 4. The van der Waals surface area contributed by atoms with E-state index in [-0.39, 0.29) is 16.1 Å². The molecule has 0 aromatic carbocycles. The van der Waals surface area contributed by atoms with Gasteiger partial charge < -0.3 is 5.32 Å². The van der Waals surface area contributed by atoms with E-state index in [1.54, 1.807) is 6.20 Å². The third-order valence-corrected chi connectivity index (χ3v) is 3.78. The summed E-state index contributed by atoms with van der Waals surface area (Å²) in [7, 11) is 0. The van der Waals surface area contributed by atoms with Gasteiger partial charge in [0, 0.05) is 12.1 Å². The Morgan fingerprint density at radius 3 is 2.72 bits per heavy atom. The molecule has 0 aliphatic heterocycles. The topological polar surface area (TPSA) is 46.9 Å². The molecule has 1 fully saturated rings. The van der Waals surface area contributed by atoms with Crippen molar-refractivity contribution in [3.05, 3.63) is 21.6 Å². The van der Waals surface area contributed by atoms with Gasteiger partial charge in [-0.2, -0.15) is 5.10 Å². The Morgan fingerprint density at radius 1 is 1.56 bits per heavy atom. The van der Waals surface area contributed by atoms with Crippen LogP contribution in [0.4, 0.5) is 5.69 Å². The van der Waals surface area contributed by atoms with Crippen molar-refractivity contribution in [2.75, 3.05) is 5.32 Å². The van der Waals surface area contributed by atoms with Crippen LogP contribution in [-0.2, 0) is 6.54 Å². The first kappa shape index (κ1) is 13.4. The van der Waals surface area contributed by atoms with Crippen molar-refractivity contribution in [2.24, 2.45) is 5.92 Å². The first-order valence-corrected chi connectivity index (χ1v) is 6.83. The van der Waals surface area contributed by atoms with Crippen molar-refractivity contribution in [3.8, 4) is 0 Å². The fourth-order valence-electron chi connectivity index (χ4n) is 2.19. The smallest absolute Gasteiger partial charge is 0.287 e. The third-order valence-electron chi connectivity index (χ3n) is 3.42. The summed E-state index contributed by atoms with van der Waals surface area (Å²) in [6.45, 7) is 6.83. The first-order valence-electron chi connectivity index (χ1n) is 6.45. The number of halogens is 1. The van der Waals surface area contributed by atoms with Crippen molar-refractivity contribution >= 4 is 17.3 Å². The minimum absolute atomic E-state index is 0.0714. The number of aromatic nitrogens is 2. The largest absolute Gasteiger partial charge is 0.377 e. The summed E-state index contributed by atoms with van der Waals surface area (Å²) in [6, 6.07) is 0. The normalized spacial score (nSPS) is 17.6. The second-order valence-corrected chi connectivity index (χ2v) is 6.17. The van der Waals surface area contributed by atoms with Crippen LogP contribution in [0.3, 0.4) is 0 Å². The molecule has 4 nitrogen and oxygen atoms in total. The fraction of sp³-hybridized carbons (Fsp3) is 0.692. The molecule has 18 heavy (non-hydrogen) atoms. The molecule has 1 aliphatic rings. The van der Waals surface area contributed by atoms with E-state index < -0.39 is 0 Å². The Labute approximate surface area is 112 Å². The van der Waals surface area contributed by atoms with E-state index in [0.29, 0.717) is 18.2 Å². The highest BCUT2D eigenvalue weighted by Gasteiger charge is 2.32. The Hall–Kier alpha value is -1.03. The quantitative estimate of drug-likeness (QED) is 0.914. The van der Waals surface area contributed by atoms with Gasteiger partial charge in [-0.1, -0.05) is 25.4 Å². The van der Waals surface area contributed by atoms with Crippen LogP contribution in [0.5, 0.6) is 0 Å². The highest BCUT2D eigenvalue weighted by atomic mass is 35.5. The Kier molecular flexibility index (Phi) is 3.66. The lowest BCUT2D eigenvalue weighted by Gasteiger charge is -2.40. The molecule has 0 bridgehead atoms. The van der Waals surface area contributed by atoms with Gasteiger partial charge in [-0.05, 0) is 32.1 Å². The molecule has 1 N–H and O–H groups in total. The molecule has 5 heteroatoms. The summed E-state index contributed by atoms with van der Waals surface area (Å²) >= 11 is 6.13. The van der Waals surface area contributed by atoms with Gasteiger partial charge in [0.05, 0.1) is 11.9 Å². The predicted octanol–water partition coefficient (Wildman–Crippen LogP) is 2.91. The summed E-state index contributed by atoms with van der Waals surface area (Å²) < 4.78 is 1.43. The molecule has 0 spiro atoms. The molecular formula is C13H20ClN3O. The minimum Gasteiger partial charge on any atom is -0.377 e. The molecule has 0 atom stereocenters. The van der Waals surface area contributed by atoms with Gasteiger partial charge in [-0.15, -0.1) is 0 Å². The van der Waals surface area contributed by atoms with Gasteiger partial charge in [0.1, 0.15) is 5.02 Å². The monoisotopic (exact) mass is 269 g/mol. The van der Waals surface area contributed by atoms with Crippen LogP contribution in [0.1, 0.15) is 40.0 Å². The van der Waals surface area contributed by atoms with Crippen molar-refractivity contribution in [2.45, 2.75) is 52.1 Å². The van der Waals surface area contributed by atoms with E-state index in [4.69, 9.17) is 11.6 Å². The third kappa shape index (κ3) is 2.69. The molecule has 100 valence electrons. The van der Waals surface area contributed by atoms with Crippen molar-refractivity contribution < 1.29 is 0 Å². The zero-order valence-electron chi connectivity index (χ0n) is 11.2. The number of hydrogen-bond acceptors (Lipinski definition) is 3. The summed E-state index contributed by atoms with van der Waals surface area (Å²) in [6.07, 6.45) is 5.10. The molecule has 1 heterocycles. The summed E-state index contributed by atoms with van der Waals surface area (Å²) in [5.41, 5.74) is 0.518. The molecular weight excluding hydrogens is 250 g/mol. The van der Waals surface area contributed by atoms with Crippen LogP contribution in [0, 0.1) is 5.92 Å². The summed E-state index contributed by atoms with van der Waals surface area (Å²) in [4.78, 5) is 12.0. The lowest BCUT2D eigenvalue weighted by Crippen LogP contribution is -2.42. The van der Waals surface area contributed by atoms with Crippen LogP contribution in [-0.4, -0.2) is 15.3 Å². The fourth-order valence-corrected chi connectivity index (χ4v) is 2.38. The number of anilines is 1. The van der Waals surface area contributed by atoms with E-state index in [9.17, 15) is 4.79 Å².